The van der Waals surface area contributed by atoms with Crippen LogP contribution in [0.1, 0.15) is 0 Å². The smallest absolute Gasteiger partial charge is 0.284 e. The zero-order valence-electron chi connectivity index (χ0n) is 8.47. The van der Waals surface area contributed by atoms with Gasteiger partial charge < -0.3 is 8.83 Å². The molecule has 0 amide bonds. The van der Waals surface area contributed by atoms with Crippen molar-refractivity contribution in [3.8, 4) is 11.7 Å². The molecule has 0 fully saturated rings. The maximum absolute atomic E-state index is 11.8. The SMILES string of the molecule is O=c1cc(-c2n[nH]c(=S)o2)oc2ccccc12. The average Bonchev–Trinajstić information content (AvgIpc) is 2.76. The number of rotatable bonds is 1. The van der Waals surface area contributed by atoms with E-state index >= 15 is 0 Å². The van der Waals surface area contributed by atoms with Crippen molar-refractivity contribution in [1.82, 2.24) is 10.2 Å². The number of hydrogen-bond acceptors (Lipinski definition) is 5. The van der Waals surface area contributed by atoms with Crippen LogP contribution >= 0.6 is 12.2 Å². The van der Waals surface area contributed by atoms with Gasteiger partial charge in [0.2, 0.25) is 0 Å². The van der Waals surface area contributed by atoms with Crippen LogP contribution in [0.4, 0.5) is 0 Å². The first kappa shape index (κ1) is 9.98. The first-order valence-corrected chi connectivity index (χ1v) is 5.23. The van der Waals surface area contributed by atoms with Crippen LogP contribution in [0.3, 0.4) is 0 Å². The minimum atomic E-state index is -0.147. The van der Waals surface area contributed by atoms with E-state index in [0.717, 1.165) is 0 Å². The zero-order valence-corrected chi connectivity index (χ0v) is 9.28. The summed E-state index contributed by atoms with van der Waals surface area (Å²) in [6.45, 7) is 0. The lowest BCUT2D eigenvalue weighted by molar-refractivity contribution is 0.516. The predicted molar refractivity (Wildman–Crippen MR) is 63.2 cm³/mol. The molecule has 84 valence electrons. The van der Waals surface area contributed by atoms with Crippen LogP contribution in [-0.4, -0.2) is 10.2 Å². The Balaban J connectivity index is 2.32. The number of aromatic nitrogens is 2. The highest BCUT2D eigenvalue weighted by Crippen LogP contribution is 2.19. The number of fused-ring (bicyclic) bond motifs is 1. The maximum atomic E-state index is 11.8. The Morgan fingerprint density at radius 2 is 2.06 bits per heavy atom. The molecular weight excluding hydrogens is 240 g/mol. The molecule has 1 aromatic carbocycles. The fourth-order valence-electron chi connectivity index (χ4n) is 1.54. The van der Waals surface area contributed by atoms with Crippen molar-refractivity contribution < 1.29 is 8.83 Å². The lowest BCUT2D eigenvalue weighted by Gasteiger charge is -1.97. The summed E-state index contributed by atoms with van der Waals surface area (Å²) in [5.74, 6) is 0.416. The van der Waals surface area contributed by atoms with E-state index in [0.29, 0.717) is 11.0 Å². The van der Waals surface area contributed by atoms with Crippen molar-refractivity contribution in [2.75, 3.05) is 0 Å². The molecule has 3 aromatic rings. The summed E-state index contributed by atoms with van der Waals surface area (Å²) in [6.07, 6.45) is 0. The highest BCUT2D eigenvalue weighted by atomic mass is 32.1. The van der Waals surface area contributed by atoms with Crippen molar-refractivity contribution in [3.05, 3.63) is 45.4 Å². The second-order valence-electron chi connectivity index (χ2n) is 3.39. The standard InChI is InChI=1S/C11H6N2O3S/c14-7-5-9(10-12-13-11(17)16-10)15-8-4-2-1-3-6(7)8/h1-5H,(H,13,17). The van der Waals surface area contributed by atoms with E-state index in [2.05, 4.69) is 10.2 Å². The van der Waals surface area contributed by atoms with Gasteiger partial charge in [0.25, 0.3) is 10.7 Å². The van der Waals surface area contributed by atoms with Gasteiger partial charge >= 0.3 is 0 Å². The Hall–Kier alpha value is -2.21. The number of nitrogens with zero attached hydrogens (tertiary/aromatic N) is 1. The normalized spacial score (nSPS) is 10.8. The molecule has 5 nitrogen and oxygen atoms in total. The van der Waals surface area contributed by atoms with Gasteiger partial charge in [0, 0.05) is 6.07 Å². The lowest BCUT2D eigenvalue weighted by Crippen LogP contribution is -1.99. The Bertz CT molecular complexity index is 800. The fraction of sp³-hybridized carbons (Fsp3) is 0. The molecular formula is C11H6N2O3S. The highest BCUT2D eigenvalue weighted by Gasteiger charge is 2.10. The summed E-state index contributed by atoms with van der Waals surface area (Å²) >= 11 is 4.76. The van der Waals surface area contributed by atoms with Crippen LogP contribution in [0, 0.1) is 4.84 Å². The van der Waals surface area contributed by atoms with E-state index in [9.17, 15) is 4.79 Å². The van der Waals surface area contributed by atoms with Crippen LogP contribution in [0.25, 0.3) is 22.6 Å². The van der Waals surface area contributed by atoms with E-state index in [1.807, 2.05) is 0 Å². The number of para-hydroxylation sites is 1. The van der Waals surface area contributed by atoms with Gasteiger partial charge in [0.05, 0.1) is 5.39 Å². The summed E-state index contributed by atoms with van der Waals surface area (Å²) in [5, 5.41) is 6.80. The summed E-state index contributed by atoms with van der Waals surface area (Å²) < 4.78 is 10.6. The van der Waals surface area contributed by atoms with E-state index in [1.165, 1.54) is 6.07 Å². The van der Waals surface area contributed by atoms with Crippen LogP contribution in [0.5, 0.6) is 0 Å². The molecule has 0 bridgehead atoms. The number of nitrogens with one attached hydrogen (secondary N) is 1. The molecule has 0 saturated carbocycles. The van der Waals surface area contributed by atoms with E-state index in [1.54, 1.807) is 24.3 Å². The van der Waals surface area contributed by atoms with Crippen LogP contribution in [-0.2, 0) is 0 Å². The van der Waals surface area contributed by atoms with Gasteiger partial charge in [0.15, 0.2) is 11.2 Å². The minimum absolute atomic E-state index is 0.135. The molecule has 17 heavy (non-hydrogen) atoms. The average molecular weight is 246 g/mol. The second-order valence-corrected chi connectivity index (χ2v) is 3.76. The molecule has 1 N–H and O–H groups in total. The van der Waals surface area contributed by atoms with Crippen LogP contribution in [0.15, 0.2) is 44.0 Å². The number of aromatic amines is 1. The third-order valence-corrected chi connectivity index (χ3v) is 2.46. The third-order valence-electron chi connectivity index (χ3n) is 2.28. The first-order valence-electron chi connectivity index (χ1n) is 4.83. The molecule has 0 aliphatic rings. The Labute approximate surface area is 99.7 Å². The lowest BCUT2D eigenvalue weighted by atomic mass is 10.2. The van der Waals surface area contributed by atoms with Crippen LogP contribution in [0.2, 0.25) is 0 Å². The quantitative estimate of drug-likeness (QED) is 0.668. The summed E-state index contributed by atoms with van der Waals surface area (Å²) in [6, 6.07) is 8.30. The first-order chi connectivity index (χ1) is 8.24. The van der Waals surface area contributed by atoms with Gasteiger partial charge in [-0.2, -0.15) is 0 Å². The topological polar surface area (TPSA) is 72.0 Å². The monoisotopic (exact) mass is 246 g/mol. The third kappa shape index (κ3) is 1.68. The predicted octanol–water partition coefficient (Wildman–Crippen LogP) is 2.51. The molecule has 0 radical (unpaired) electrons. The van der Waals surface area contributed by atoms with Crippen molar-refractivity contribution >= 4 is 23.2 Å². The van der Waals surface area contributed by atoms with Gasteiger partial charge in [-0.25, -0.2) is 5.10 Å². The second kappa shape index (κ2) is 3.67. The molecule has 6 heteroatoms. The summed E-state index contributed by atoms with van der Waals surface area (Å²) in [4.78, 5) is 11.9. The molecule has 0 spiro atoms. The number of H-pyrrole nitrogens is 1. The van der Waals surface area contributed by atoms with Crippen molar-refractivity contribution in [3.63, 3.8) is 0 Å². The number of benzene rings is 1. The molecule has 0 aliphatic heterocycles. The molecule has 0 aliphatic carbocycles. The zero-order chi connectivity index (χ0) is 11.8. The van der Waals surface area contributed by atoms with E-state index in [4.69, 9.17) is 21.1 Å². The summed E-state index contributed by atoms with van der Waals surface area (Å²) in [5.41, 5.74) is 0.338. The molecule has 0 saturated heterocycles. The Kier molecular flexibility index (Phi) is 2.15. The summed E-state index contributed by atoms with van der Waals surface area (Å²) in [7, 11) is 0. The molecule has 2 heterocycles. The molecule has 0 atom stereocenters. The minimum Gasteiger partial charge on any atom is -0.451 e. The van der Waals surface area contributed by atoms with Gasteiger partial charge in [-0.05, 0) is 24.4 Å². The maximum Gasteiger partial charge on any atom is 0.284 e. The Morgan fingerprint density at radius 1 is 1.24 bits per heavy atom. The van der Waals surface area contributed by atoms with Crippen molar-refractivity contribution in [2.45, 2.75) is 0 Å². The van der Waals surface area contributed by atoms with Gasteiger partial charge in [0.1, 0.15) is 5.58 Å². The number of hydrogen-bond donors (Lipinski definition) is 1. The fourth-order valence-corrected chi connectivity index (χ4v) is 1.67. The largest absolute Gasteiger partial charge is 0.451 e. The van der Waals surface area contributed by atoms with Gasteiger partial charge in [-0.15, -0.1) is 5.10 Å². The molecule has 2 aromatic heterocycles. The van der Waals surface area contributed by atoms with Crippen molar-refractivity contribution in [1.29, 1.82) is 0 Å². The van der Waals surface area contributed by atoms with Gasteiger partial charge in [-0.3, -0.25) is 4.79 Å². The molecule has 3 rings (SSSR count). The van der Waals surface area contributed by atoms with Crippen LogP contribution < -0.4 is 5.43 Å². The highest BCUT2D eigenvalue weighted by molar-refractivity contribution is 7.71. The van der Waals surface area contributed by atoms with Gasteiger partial charge in [-0.1, -0.05) is 12.1 Å². The molecule has 0 unspecified atom stereocenters. The van der Waals surface area contributed by atoms with E-state index < -0.39 is 0 Å². The van der Waals surface area contributed by atoms with E-state index in [-0.39, 0.29) is 21.9 Å². The van der Waals surface area contributed by atoms with Crippen molar-refractivity contribution in [2.24, 2.45) is 0 Å². The Morgan fingerprint density at radius 3 is 2.82 bits per heavy atom.